The molecule has 0 amide bonds. The van der Waals surface area contributed by atoms with Gasteiger partial charge in [0, 0.05) is 5.75 Å². The highest BCUT2D eigenvalue weighted by Crippen LogP contribution is 2.19. The first kappa shape index (κ1) is 12.1. The summed E-state index contributed by atoms with van der Waals surface area (Å²) < 4.78 is 9.62. The van der Waals surface area contributed by atoms with Crippen LogP contribution in [0.25, 0.3) is 0 Å². The first-order valence-corrected chi connectivity index (χ1v) is 5.44. The minimum atomic E-state index is -0.950. The Hall–Kier alpha value is -1.01. The Labute approximate surface area is 92.4 Å². The van der Waals surface area contributed by atoms with E-state index in [9.17, 15) is 4.79 Å². The summed E-state index contributed by atoms with van der Waals surface area (Å²) in [4.78, 5) is 15.2. The molecule has 1 rings (SSSR count). The molecule has 5 nitrogen and oxygen atoms in total. The second-order valence-corrected chi connectivity index (χ2v) is 4.35. The molecular weight excluding hydrogens is 216 g/mol. The molecule has 2 N–H and O–H groups in total. The number of thioether (sulfide) groups is 1. The number of methoxy groups -OCH3 is 1. The van der Waals surface area contributed by atoms with E-state index < -0.39 is 11.5 Å². The van der Waals surface area contributed by atoms with Crippen LogP contribution in [0.2, 0.25) is 0 Å². The smallest absolute Gasteiger partial charge is 0.325 e. The van der Waals surface area contributed by atoms with E-state index in [0.717, 1.165) is 0 Å². The number of carbonyl (C=O) groups excluding carboxylic acids is 1. The number of nitrogens with two attached hydrogens (primary N) is 1. The van der Waals surface area contributed by atoms with Crippen LogP contribution in [0, 0.1) is 0 Å². The van der Waals surface area contributed by atoms with Crippen LogP contribution in [-0.4, -0.2) is 29.4 Å². The van der Waals surface area contributed by atoms with Crippen molar-refractivity contribution in [3.8, 4) is 0 Å². The van der Waals surface area contributed by atoms with Crippen LogP contribution >= 0.6 is 11.8 Å². The van der Waals surface area contributed by atoms with E-state index in [0.29, 0.717) is 17.4 Å². The van der Waals surface area contributed by atoms with Gasteiger partial charge in [0.05, 0.1) is 13.3 Å². The topological polar surface area (TPSA) is 78.4 Å². The van der Waals surface area contributed by atoms with Crippen LogP contribution in [0.1, 0.15) is 13.3 Å². The Morgan fingerprint density at radius 2 is 2.53 bits per heavy atom. The van der Waals surface area contributed by atoms with Gasteiger partial charge in [-0.3, -0.25) is 4.79 Å². The molecule has 0 aromatic carbocycles. The molecule has 0 aliphatic rings. The Bertz CT molecular complexity index is 311. The van der Waals surface area contributed by atoms with Crippen LogP contribution in [0.3, 0.4) is 0 Å². The second-order valence-electron chi connectivity index (χ2n) is 3.31. The zero-order valence-electron chi connectivity index (χ0n) is 8.73. The molecule has 84 valence electrons. The van der Waals surface area contributed by atoms with Crippen molar-refractivity contribution in [3.63, 3.8) is 0 Å². The predicted octanol–water partition coefficient (Wildman–Crippen LogP) is 1.05. The largest absolute Gasteiger partial charge is 0.468 e. The van der Waals surface area contributed by atoms with Gasteiger partial charge in [-0.05, 0) is 13.3 Å². The third-order valence-corrected chi connectivity index (χ3v) is 2.77. The molecule has 0 spiro atoms. The Morgan fingerprint density at radius 1 is 1.80 bits per heavy atom. The third-order valence-electron chi connectivity index (χ3n) is 1.91. The summed E-state index contributed by atoms with van der Waals surface area (Å²) in [7, 11) is 1.33. The van der Waals surface area contributed by atoms with E-state index in [1.54, 1.807) is 13.1 Å². The fourth-order valence-corrected chi connectivity index (χ4v) is 1.93. The Morgan fingerprint density at radius 3 is 3.07 bits per heavy atom. The van der Waals surface area contributed by atoms with Crippen molar-refractivity contribution in [3.05, 3.63) is 12.5 Å². The van der Waals surface area contributed by atoms with Gasteiger partial charge in [0.25, 0.3) is 5.22 Å². The van der Waals surface area contributed by atoms with Gasteiger partial charge >= 0.3 is 5.97 Å². The fraction of sp³-hybridized carbons (Fsp3) is 0.556. The lowest BCUT2D eigenvalue weighted by atomic mass is 10.0. The molecule has 0 radical (unpaired) electrons. The molecule has 0 fully saturated rings. The first-order valence-electron chi connectivity index (χ1n) is 4.46. The molecule has 0 bridgehead atoms. The number of ether oxygens (including phenoxy) is 1. The fourth-order valence-electron chi connectivity index (χ4n) is 0.967. The summed E-state index contributed by atoms with van der Waals surface area (Å²) in [6.45, 7) is 1.65. The summed E-state index contributed by atoms with van der Waals surface area (Å²) in [5, 5.41) is 0.579. The summed E-state index contributed by atoms with van der Waals surface area (Å²) in [6, 6.07) is 0. The summed E-state index contributed by atoms with van der Waals surface area (Å²) >= 11 is 1.42. The maximum Gasteiger partial charge on any atom is 0.325 e. The van der Waals surface area contributed by atoms with Crippen LogP contribution in [0.5, 0.6) is 0 Å². The molecule has 1 aromatic rings. The first-order chi connectivity index (χ1) is 7.06. The van der Waals surface area contributed by atoms with Gasteiger partial charge in [-0.15, -0.1) is 0 Å². The number of hydrogen-bond acceptors (Lipinski definition) is 6. The Balaban J connectivity index is 2.33. The molecule has 1 aromatic heterocycles. The van der Waals surface area contributed by atoms with Gasteiger partial charge in [-0.2, -0.15) is 0 Å². The number of nitrogens with zero attached hydrogens (tertiary/aromatic N) is 1. The number of aromatic nitrogens is 1. The minimum Gasteiger partial charge on any atom is -0.468 e. The normalized spacial score (nSPS) is 14.6. The summed E-state index contributed by atoms with van der Waals surface area (Å²) in [5.41, 5.74) is 4.82. The SMILES string of the molecule is COC(=O)C(C)(N)CCSc1ncco1. The lowest BCUT2D eigenvalue weighted by Crippen LogP contribution is -2.46. The van der Waals surface area contributed by atoms with Crippen LogP contribution < -0.4 is 5.73 Å². The highest BCUT2D eigenvalue weighted by atomic mass is 32.2. The van der Waals surface area contributed by atoms with Gasteiger partial charge in [0.2, 0.25) is 0 Å². The predicted molar refractivity (Wildman–Crippen MR) is 56.5 cm³/mol. The van der Waals surface area contributed by atoms with Crippen molar-refractivity contribution in [2.75, 3.05) is 12.9 Å². The van der Waals surface area contributed by atoms with Crippen molar-refractivity contribution in [2.45, 2.75) is 24.1 Å². The van der Waals surface area contributed by atoms with E-state index >= 15 is 0 Å². The lowest BCUT2D eigenvalue weighted by Gasteiger charge is -2.20. The Kier molecular flexibility index (Phi) is 4.16. The van der Waals surface area contributed by atoms with Crippen LogP contribution in [-0.2, 0) is 9.53 Å². The van der Waals surface area contributed by atoms with Gasteiger partial charge < -0.3 is 14.9 Å². The van der Waals surface area contributed by atoms with Crippen molar-refractivity contribution < 1.29 is 13.9 Å². The van der Waals surface area contributed by atoms with Gasteiger partial charge in [-0.1, -0.05) is 11.8 Å². The molecule has 1 heterocycles. The molecule has 6 heteroatoms. The van der Waals surface area contributed by atoms with E-state index in [1.165, 1.54) is 25.1 Å². The molecule has 0 aliphatic heterocycles. The average molecular weight is 230 g/mol. The highest BCUT2D eigenvalue weighted by Gasteiger charge is 2.28. The maximum atomic E-state index is 11.2. The van der Waals surface area contributed by atoms with E-state index in [4.69, 9.17) is 10.2 Å². The average Bonchev–Trinajstić information content (AvgIpc) is 2.69. The standard InChI is InChI=1S/C9H14N2O3S/c1-9(10,7(12)13-2)3-6-15-8-11-4-5-14-8/h4-5H,3,6,10H2,1-2H3. The summed E-state index contributed by atoms with van der Waals surface area (Å²) in [5.74, 6) is 0.248. The zero-order chi connectivity index (χ0) is 11.3. The van der Waals surface area contributed by atoms with Gasteiger partial charge in [0.1, 0.15) is 11.8 Å². The van der Waals surface area contributed by atoms with Crippen molar-refractivity contribution in [1.29, 1.82) is 0 Å². The molecular formula is C9H14N2O3S. The van der Waals surface area contributed by atoms with Gasteiger partial charge in [0.15, 0.2) is 0 Å². The third kappa shape index (κ3) is 3.56. The maximum absolute atomic E-state index is 11.2. The van der Waals surface area contributed by atoms with Crippen molar-refractivity contribution in [1.82, 2.24) is 4.98 Å². The van der Waals surface area contributed by atoms with E-state index in [2.05, 4.69) is 9.72 Å². The van der Waals surface area contributed by atoms with E-state index in [1.807, 2.05) is 0 Å². The van der Waals surface area contributed by atoms with Crippen molar-refractivity contribution >= 4 is 17.7 Å². The number of hydrogen-bond donors (Lipinski definition) is 1. The molecule has 1 atom stereocenters. The molecule has 0 aliphatic carbocycles. The zero-order valence-corrected chi connectivity index (χ0v) is 9.54. The monoisotopic (exact) mass is 230 g/mol. The van der Waals surface area contributed by atoms with Crippen LogP contribution in [0.4, 0.5) is 0 Å². The van der Waals surface area contributed by atoms with Crippen molar-refractivity contribution in [2.24, 2.45) is 5.73 Å². The number of esters is 1. The molecule has 0 saturated carbocycles. The molecule has 1 unspecified atom stereocenters. The minimum absolute atomic E-state index is 0.407. The molecule has 0 saturated heterocycles. The second kappa shape index (κ2) is 5.18. The molecule has 15 heavy (non-hydrogen) atoms. The number of carbonyl (C=O) groups is 1. The number of oxazole rings is 1. The van der Waals surface area contributed by atoms with Crippen LogP contribution in [0.15, 0.2) is 22.1 Å². The highest BCUT2D eigenvalue weighted by molar-refractivity contribution is 7.99. The van der Waals surface area contributed by atoms with E-state index in [-0.39, 0.29) is 0 Å². The number of rotatable bonds is 5. The van der Waals surface area contributed by atoms with Gasteiger partial charge in [-0.25, -0.2) is 4.98 Å². The lowest BCUT2D eigenvalue weighted by molar-refractivity contribution is -0.146. The summed E-state index contributed by atoms with van der Waals surface area (Å²) in [6.07, 6.45) is 3.58. The quantitative estimate of drug-likeness (QED) is 0.601.